The molecular formula is C16H14N2O. The number of carbonyl (C=O) groups is 1. The molecule has 94 valence electrons. The summed E-state index contributed by atoms with van der Waals surface area (Å²) in [7, 11) is 0. The van der Waals surface area contributed by atoms with Gasteiger partial charge in [-0.25, -0.2) is 0 Å². The molecular weight excluding hydrogens is 236 g/mol. The molecule has 2 aliphatic rings. The predicted octanol–water partition coefficient (Wildman–Crippen LogP) is 2.69. The van der Waals surface area contributed by atoms with E-state index in [-0.39, 0.29) is 18.1 Å². The fraction of sp³-hybridized carbons (Fsp3) is 0.188. The quantitative estimate of drug-likeness (QED) is 0.779. The minimum Gasteiger partial charge on any atom is -0.290 e. The zero-order chi connectivity index (χ0) is 13.0. The van der Waals surface area contributed by atoms with Gasteiger partial charge in [0.05, 0.1) is 11.7 Å². The molecule has 2 heterocycles. The van der Waals surface area contributed by atoms with Crippen molar-refractivity contribution in [2.24, 2.45) is 0 Å². The van der Waals surface area contributed by atoms with Gasteiger partial charge < -0.3 is 0 Å². The van der Waals surface area contributed by atoms with E-state index in [1.54, 1.807) is 0 Å². The van der Waals surface area contributed by atoms with Crippen LogP contribution in [0.25, 0.3) is 11.1 Å². The zero-order valence-corrected chi connectivity index (χ0v) is 10.6. The summed E-state index contributed by atoms with van der Waals surface area (Å²) in [4.78, 5) is 14.3. The fourth-order valence-electron chi connectivity index (χ4n) is 3.10. The summed E-state index contributed by atoms with van der Waals surface area (Å²) in [6.07, 6.45) is -0.0337. The Hall–Kier alpha value is -2.13. The highest BCUT2D eigenvalue weighted by Gasteiger charge is 2.42. The Morgan fingerprint density at radius 3 is 2.53 bits per heavy atom. The van der Waals surface area contributed by atoms with Gasteiger partial charge in [0.1, 0.15) is 6.17 Å². The summed E-state index contributed by atoms with van der Waals surface area (Å²) in [5, 5.41) is 3.38. The molecule has 19 heavy (non-hydrogen) atoms. The van der Waals surface area contributed by atoms with Crippen LogP contribution in [-0.2, 0) is 4.79 Å². The van der Waals surface area contributed by atoms with Crippen molar-refractivity contribution >= 4 is 11.6 Å². The van der Waals surface area contributed by atoms with Gasteiger partial charge in [0, 0.05) is 5.56 Å². The Labute approximate surface area is 111 Å². The molecule has 1 N–H and O–H groups in total. The van der Waals surface area contributed by atoms with E-state index in [1.807, 2.05) is 42.2 Å². The topological polar surface area (TPSA) is 32.3 Å². The lowest BCUT2D eigenvalue weighted by Crippen LogP contribution is -2.33. The summed E-state index contributed by atoms with van der Waals surface area (Å²) in [5.74, 6) is 0.145. The van der Waals surface area contributed by atoms with Crippen molar-refractivity contribution in [3.8, 4) is 11.1 Å². The first kappa shape index (κ1) is 10.8. The van der Waals surface area contributed by atoms with E-state index in [9.17, 15) is 4.79 Å². The maximum Gasteiger partial charge on any atom is 0.245 e. The lowest BCUT2D eigenvalue weighted by atomic mass is 9.92. The minimum atomic E-state index is -0.135. The Kier molecular flexibility index (Phi) is 2.09. The van der Waals surface area contributed by atoms with Crippen LogP contribution in [0.15, 0.2) is 48.5 Å². The normalized spacial score (nSPS) is 23.8. The van der Waals surface area contributed by atoms with Crippen molar-refractivity contribution in [1.82, 2.24) is 5.32 Å². The van der Waals surface area contributed by atoms with Crippen molar-refractivity contribution in [3.05, 3.63) is 54.1 Å². The molecule has 3 nitrogen and oxygen atoms in total. The molecule has 2 aliphatic heterocycles. The van der Waals surface area contributed by atoms with Crippen molar-refractivity contribution in [2.45, 2.75) is 19.1 Å². The number of fused-ring (bicyclic) bond motifs is 6. The number of hydrogen-bond donors (Lipinski definition) is 1. The molecule has 0 saturated carbocycles. The molecule has 4 rings (SSSR count). The van der Waals surface area contributed by atoms with E-state index >= 15 is 0 Å². The number of anilines is 1. The number of nitrogens with one attached hydrogen (secondary N) is 1. The molecule has 0 spiro atoms. The Balaban J connectivity index is 2.03. The summed E-state index contributed by atoms with van der Waals surface area (Å²) in [5.41, 5.74) is 4.54. The molecule has 1 fully saturated rings. The lowest BCUT2D eigenvalue weighted by molar-refractivity contribution is -0.118. The second-order valence-corrected chi connectivity index (χ2v) is 5.10. The van der Waals surface area contributed by atoms with E-state index in [2.05, 4.69) is 23.5 Å². The van der Waals surface area contributed by atoms with Crippen LogP contribution in [0.3, 0.4) is 0 Å². The van der Waals surface area contributed by atoms with Crippen LogP contribution < -0.4 is 10.2 Å². The second-order valence-electron chi connectivity index (χ2n) is 5.10. The van der Waals surface area contributed by atoms with Crippen LogP contribution in [-0.4, -0.2) is 11.9 Å². The smallest absolute Gasteiger partial charge is 0.245 e. The second kappa shape index (κ2) is 3.68. The summed E-state index contributed by atoms with van der Waals surface area (Å²) < 4.78 is 0. The van der Waals surface area contributed by atoms with Gasteiger partial charge in [-0.1, -0.05) is 42.5 Å². The minimum absolute atomic E-state index is 0.0337. The predicted molar refractivity (Wildman–Crippen MR) is 74.7 cm³/mol. The van der Waals surface area contributed by atoms with Crippen molar-refractivity contribution in [1.29, 1.82) is 0 Å². The van der Waals surface area contributed by atoms with Gasteiger partial charge in [0.25, 0.3) is 0 Å². The van der Waals surface area contributed by atoms with Crippen molar-refractivity contribution in [3.63, 3.8) is 0 Å². The van der Waals surface area contributed by atoms with E-state index in [0.717, 1.165) is 11.3 Å². The number of hydrogen-bond acceptors (Lipinski definition) is 2. The monoisotopic (exact) mass is 250 g/mol. The molecule has 2 aromatic rings. The average molecular weight is 250 g/mol. The van der Waals surface area contributed by atoms with Crippen molar-refractivity contribution < 1.29 is 4.79 Å². The first-order chi connectivity index (χ1) is 9.27. The summed E-state index contributed by atoms with van der Waals surface area (Å²) >= 11 is 0. The largest absolute Gasteiger partial charge is 0.290 e. The molecule has 1 amide bonds. The van der Waals surface area contributed by atoms with Crippen molar-refractivity contribution in [2.75, 3.05) is 4.90 Å². The molecule has 2 atom stereocenters. The van der Waals surface area contributed by atoms with Crippen LogP contribution >= 0.6 is 0 Å². The summed E-state index contributed by atoms with van der Waals surface area (Å²) in [6.45, 7) is 1.92. The Morgan fingerprint density at radius 1 is 1.00 bits per heavy atom. The SMILES string of the molecule is C[C@@H]1N[C@H]2c3ccccc3-c3ccccc3N2C1=O. The molecule has 0 unspecified atom stereocenters. The molecule has 0 radical (unpaired) electrons. The molecule has 1 saturated heterocycles. The first-order valence-electron chi connectivity index (χ1n) is 6.55. The molecule has 3 heteroatoms. The zero-order valence-electron chi connectivity index (χ0n) is 10.6. The highest BCUT2D eigenvalue weighted by molar-refractivity contribution is 6.05. The number of benzene rings is 2. The maximum atomic E-state index is 12.4. The Bertz CT molecular complexity index is 680. The third-order valence-electron chi connectivity index (χ3n) is 3.98. The standard InChI is InChI=1S/C16H14N2O/c1-10-16(19)18-14-9-5-4-7-12(14)11-6-2-3-8-13(11)15(18)17-10/h2-10,15,17H,1H3/t10-,15+/m0/s1. The van der Waals surface area contributed by atoms with Crippen LogP contribution in [0.2, 0.25) is 0 Å². The van der Waals surface area contributed by atoms with Gasteiger partial charge >= 0.3 is 0 Å². The highest BCUT2D eigenvalue weighted by Crippen LogP contribution is 2.45. The third kappa shape index (κ3) is 1.33. The number of para-hydroxylation sites is 1. The van der Waals surface area contributed by atoms with E-state index in [4.69, 9.17) is 0 Å². The summed E-state index contributed by atoms with van der Waals surface area (Å²) in [6, 6.07) is 16.3. The molecule has 0 bridgehead atoms. The van der Waals surface area contributed by atoms with Gasteiger partial charge in [-0.05, 0) is 24.1 Å². The van der Waals surface area contributed by atoms with Gasteiger partial charge in [0.15, 0.2) is 0 Å². The lowest BCUT2D eigenvalue weighted by Gasteiger charge is -2.33. The van der Waals surface area contributed by atoms with Crippen LogP contribution in [0.4, 0.5) is 5.69 Å². The van der Waals surface area contributed by atoms with Gasteiger partial charge in [-0.15, -0.1) is 0 Å². The molecule has 2 aromatic carbocycles. The van der Waals surface area contributed by atoms with E-state index < -0.39 is 0 Å². The number of carbonyl (C=O) groups excluding carboxylic acids is 1. The molecule has 0 aromatic heterocycles. The van der Waals surface area contributed by atoms with E-state index in [0.29, 0.717) is 0 Å². The number of nitrogens with zero attached hydrogens (tertiary/aromatic N) is 1. The van der Waals surface area contributed by atoms with Crippen LogP contribution in [0.1, 0.15) is 18.7 Å². The number of rotatable bonds is 0. The van der Waals surface area contributed by atoms with Crippen LogP contribution in [0.5, 0.6) is 0 Å². The van der Waals surface area contributed by atoms with Gasteiger partial charge in [0.2, 0.25) is 5.91 Å². The average Bonchev–Trinajstić information content (AvgIpc) is 2.76. The van der Waals surface area contributed by atoms with Gasteiger partial charge in [-0.2, -0.15) is 0 Å². The number of amides is 1. The van der Waals surface area contributed by atoms with Gasteiger partial charge in [-0.3, -0.25) is 15.0 Å². The maximum absolute atomic E-state index is 12.4. The third-order valence-corrected chi connectivity index (χ3v) is 3.98. The van der Waals surface area contributed by atoms with E-state index in [1.165, 1.54) is 11.1 Å². The first-order valence-corrected chi connectivity index (χ1v) is 6.55. The molecule has 0 aliphatic carbocycles. The Morgan fingerprint density at radius 2 is 1.68 bits per heavy atom. The fourth-order valence-corrected chi connectivity index (χ4v) is 3.10. The van der Waals surface area contributed by atoms with Crippen LogP contribution in [0, 0.1) is 0 Å². The highest BCUT2D eigenvalue weighted by atomic mass is 16.2.